The van der Waals surface area contributed by atoms with Gasteiger partial charge in [0.2, 0.25) is 0 Å². The summed E-state index contributed by atoms with van der Waals surface area (Å²) in [5, 5.41) is 3.37. The Morgan fingerprint density at radius 1 is 1.32 bits per heavy atom. The number of hydrogen-bond donors (Lipinski definition) is 1. The molecule has 0 aliphatic carbocycles. The maximum absolute atomic E-state index is 11.0. The first-order valence-corrected chi connectivity index (χ1v) is 7.42. The number of likely N-dealkylation sites (tertiary alicyclic amines) is 1. The monoisotopic (exact) mass is 272 g/mol. The molecule has 1 aliphatic heterocycles. The van der Waals surface area contributed by atoms with Gasteiger partial charge in [0.25, 0.3) is 0 Å². The lowest BCUT2D eigenvalue weighted by atomic mass is 10.1. The van der Waals surface area contributed by atoms with Crippen LogP contribution in [0.3, 0.4) is 0 Å². The van der Waals surface area contributed by atoms with Crippen molar-refractivity contribution in [2.45, 2.75) is 39.2 Å². The fraction of sp³-hybridized carbons (Fsp3) is 0.929. The normalized spacial score (nSPS) is 18.2. The highest BCUT2D eigenvalue weighted by atomic mass is 16.6. The zero-order chi connectivity index (χ0) is 13.9. The van der Waals surface area contributed by atoms with Crippen molar-refractivity contribution < 1.29 is 14.3 Å². The van der Waals surface area contributed by atoms with Crippen LogP contribution in [0.2, 0.25) is 0 Å². The zero-order valence-electron chi connectivity index (χ0n) is 12.3. The van der Waals surface area contributed by atoms with Crippen molar-refractivity contribution in [3.63, 3.8) is 0 Å². The molecule has 1 fully saturated rings. The molecule has 5 heteroatoms. The number of nitrogens with zero attached hydrogens (tertiary/aromatic N) is 1. The Labute approximate surface area is 116 Å². The Hall–Kier alpha value is -0.650. The van der Waals surface area contributed by atoms with E-state index in [1.165, 1.54) is 32.4 Å². The van der Waals surface area contributed by atoms with E-state index >= 15 is 0 Å². The van der Waals surface area contributed by atoms with E-state index in [1.807, 2.05) is 0 Å². The van der Waals surface area contributed by atoms with Crippen molar-refractivity contribution in [1.29, 1.82) is 0 Å². The summed E-state index contributed by atoms with van der Waals surface area (Å²) in [6, 6.07) is 0.574. The van der Waals surface area contributed by atoms with Gasteiger partial charge in [-0.2, -0.15) is 0 Å². The molecule has 1 N–H and O–H groups in total. The summed E-state index contributed by atoms with van der Waals surface area (Å²) >= 11 is 0. The number of piperidine rings is 1. The third kappa shape index (κ3) is 7.50. The molecule has 1 aliphatic rings. The molecule has 5 nitrogen and oxygen atoms in total. The number of esters is 1. The Bertz CT molecular complexity index is 243. The van der Waals surface area contributed by atoms with E-state index < -0.39 is 0 Å². The first-order chi connectivity index (χ1) is 9.24. The highest BCUT2D eigenvalue weighted by Crippen LogP contribution is 2.11. The van der Waals surface area contributed by atoms with Gasteiger partial charge in [0.1, 0.15) is 6.61 Å². The second kappa shape index (κ2) is 10.2. The first kappa shape index (κ1) is 16.4. The van der Waals surface area contributed by atoms with Gasteiger partial charge in [-0.15, -0.1) is 0 Å². The molecule has 0 spiro atoms. The van der Waals surface area contributed by atoms with Gasteiger partial charge in [0.15, 0.2) is 0 Å². The molecule has 1 rings (SSSR count). The average Bonchev–Trinajstić information content (AvgIpc) is 2.43. The summed E-state index contributed by atoms with van der Waals surface area (Å²) in [6.07, 6.45) is 4.03. The fourth-order valence-corrected chi connectivity index (χ4v) is 2.30. The highest BCUT2D eigenvalue weighted by Gasteiger charge is 2.15. The Balaban J connectivity index is 1.93. The van der Waals surface area contributed by atoms with E-state index in [2.05, 4.69) is 17.1 Å². The predicted molar refractivity (Wildman–Crippen MR) is 75.2 cm³/mol. The summed E-state index contributed by atoms with van der Waals surface area (Å²) in [6.45, 7) is 9.26. The molecule has 1 atom stereocenters. The lowest BCUT2D eigenvalue weighted by molar-refractivity contribution is -0.148. The van der Waals surface area contributed by atoms with Crippen molar-refractivity contribution in [3.8, 4) is 0 Å². The number of ether oxygens (including phenoxy) is 2. The van der Waals surface area contributed by atoms with Crippen molar-refractivity contribution in [3.05, 3.63) is 0 Å². The number of carbonyl (C=O) groups is 1. The molecular weight excluding hydrogens is 244 g/mol. The molecule has 1 unspecified atom stereocenters. The maximum atomic E-state index is 11.0. The minimum Gasteiger partial charge on any atom is -0.464 e. The van der Waals surface area contributed by atoms with Gasteiger partial charge >= 0.3 is 5.97 Å². The zero-order valence-corrected chi connectivity index (χ0v) is 12.3. The second-order valence-electron chi connectivity index (χ2n) is 5.01. The number of nitrogens with one attached hydrogen (secondary N) is 1. The van der Waals surface area contributed by atoms with Crippen LogP contribution in [0, 0.1) is 0 Å². The van der Waals surface area contributed by atoms with Crippen molar-refractivity contribution in [2.24, 2.45) is 0 Å². The molecule has 1 heterocycles. The first-order valence-electron chi connectivity index (χ1n) is 7.42. The summed E-state index contributed by atoms with van der Waals surface area (Å²) < 4.78 is 10.00. The number of rotatable bonds is 9. The summed E-state index contributed by atoms with van der Waals surface area (Å²) in [5.74, 6) is -0.288. The van der Waals surface area contributed by atoms with E-state index in [4.69, 9.17) is 9.47 Å². The smallest absolute Gasteiger partial charge is 0.332 e. The Kier molecular flexibility index (Phi) is 8.79. The summed E-state index contributed by atoms with van der Waals surface area (Å²) in [7, 11) is 0. The molecule has 1 saturated heterocycles. The van der Waals surface area contributed by atoms with Crippen molar-refractivity contribution in [2.75, 3.05) is 46.0 Å². The molecule has 0 saturated carbocycles. The van der Waals surface area contributed by atoms with Gasteiger partial charge in [-0.1, -0.05) is 6.42 Å². The van der Waals surface area contributed by atoms with E-state index in [1.54, 1.807) is 6.92 Å². The molecule has 19 heavy (non-hydrogen) atoms. The van der Waals surface area contributed by atoms with Gasteiger partial charge in [0.05, 0.1) is 13.2 Å². The SMILES string of the molecule is CCOC(=O)COCCNCC(C)N1CCCCC1. The van der Waals surface area contributed by atoms with Crippen LogP contribution in [0.25, 0.3) is 0 Å². The quantitative estimate of drug-likeness (QED) is 0.502. The molecule has 0 radical (unpaired) electrons. The molecule has 0 bridgehead atoms. The van der Waals surface area contributed by atoms with Crippen LogP contribution in [0.5, 0.6) is 0 Å². The van der Waals surface area contributed by atoms with Crippen LogP contribution in [0.15, 0.2) is 0 Å². The summed E-state index contributed by atoms with van der Waals surface area (Å²) in [4.78, 5) is 13.6. The van der Waals surface area contributed by atoms with Gasteiger partial charge in [-0.3, -0.25) is 4.90 Å². The summed E-state index contributed by atoms with van der Waals surface area (Å²) in [5.41, 5.74) is 0. The molecule has 0 aromatic carbocycles. The predicted octanol–water partition coefficient (Wildman–Crippen LogP) is 1.03. The minimum absolute atomic E-state index is 0.0528. The van der Waals surface area contributed by atoms with Crippen molar-refractivity contribution >= 4 is 5.97 Å². The van der Waals surface area contributed by atoms with Crippen LogP contribution in [0.4, 0.5) is 0 Å². The van der Waals surface area contributed by atoms with Crippen molar-refractivity contribution in [1.82, 2.24) is 10.2 Å². The van der Waals surface area contributed by atoms with Crippen LogP contribution < -0.4 is 5.32 Å². The topological polar surface area (TPSA) is 50.8 Å². The number of carbonyl (C=O) groups excluding carboxylic acids is 1. The second-order valence-corrected chi connectivity index (χ2v) is 5.01. The third-order valence-corrected chi connectivity index (χ3v) is 3.40. The third-order valence-electron chi connectivity index (χ3n) is 3.40. The van der Waals surface area contributed by atoms with E-state index in [9.17, 15) is 4.79 Å². The van der Waals surface area contributed by atoms with Gasteiger partial charge in [-0.25, -0.2) is 4.79 Å². The van der Waals surface area contributed by atoms with Crippen LogP contribution in [-0.4, -0.2) is 62.9 Å². The van der Waals surface area contributed by atoms with Gasteiger partial charge in [0, 0.05) is 19.1 Å². The van der Waals surface area contributed by atoms with Gasteiger partial charge < -0.3 is 14.8 Å². The van der Waals surface area contributed by atoms with E-state index in [-0.39, 0.29) is 12.6 Å². The molecule has 0 aromatic rings. The average molecular weight is 272 g/mol. The largest absolute Gasteiger partial charge is 0.464 e. The van der Waals surface area contributed by atoms with E-state index in [0.29, 0.717) is 19.3 Å². The van der Waals surface area contributed by atoms with Gasteiger partial charge in [-0.05, 0) is 39.8 Å². The van der Waals surface area contributed by atoms with Crippen LogP contribution in [-0.2, 0) is 14.3 Å². The van der Waals surface area contributed by atoms with Crippen LogP contribution >= 0.6 is 0 Å². The lowest BCUT2D eigenvalue weighted by Crippen LogP contribution is -2.43. The highest BCUT2D eigenvalue weighted by molar-refractivity contribution is 5.70. The Morgan fingerprint density at radius 2 is 2.05 bits per heavy atom. The van der Waals surface area contributed by atoms with E-state index in [0.717, 1.165) is 13.1 Å². The molecule has 0 aromatic heterocycles. The molecule has 0 amide bonds. The van der Waals surface area contributed by atoms with Crippen LogP contribution in [0.1, 0.15) is 33.1 Å². The number of hydrogen-bond acceptors (Lipinski definition) is 5. The standard InChI is InChI=1S/C14H28N2O3/c1-3-19-14(17)12-18-10-7-15-11-13(2)16-8-5-4-6-9-16/h13,15H,3-12H2,1-2H3. The Morgan fingerprint density at radius 3 is 2.74 bits per heavy atom. The minimum atomic E-state index is -0.288. The maximum Gasteiger partial charge on any atom is 0.332 e. The molecular formula is C14H28N2O3. The lowest BCUT2D eigenvalue weighted by Gasteiger charge is -2.32. The molecule has 112 valence electrons. The fourth-order valence-electron chi connectivity index (χ4n) is 2.30.